The van der Waals surface area contributed by atoms with Crippen molar-refractivity contribution in [2.45, 2.75) is 148 Å². The third-order valence-electron chi connectivity index (χ3n) is 6.13. The molecule has 0 rings (SSSR count). The van der Waals surface area contributed by atoms with E-state index in [2.05, 4.69) is 36.0 Å². The Bertz CT molecular complexity index is 442. The molecule has 0 aromatic rings. The van der Waals surface area contributed by atoms with Gasteiger partial charge in [0.05, 0.1) is 13.2 Å². The van der Waals surface area contributed by atoms with Crippen molar-refractivity contribution in [1.29, 1.82) is 0 Å². The lowest BCUT2D eigenvalue weighted by Gasteiger charge is -2.10. The molecule has 0 bridgehead atoms. The van der Waals surface area contributed by atoms with Gasteiger partial charge in [-0.05, 0) is 51.4 Å². The fourth-order valence-corrected chi connectivity index (χ4v) is 3.97. The maximum absolute atomic E-state index is 11.0. The molecule has 0 amide bonds. The van der Waals surface area contributed by atoms with Crippen LogP contribution < -0.4 is 0 Å². The van der Waals surface area contributed by atoms with Gasteiger partial charge >= 0.3 is 5.97 Å². The van der Waals surface area contributed by atoms with Gasteiger partial charge in [0, 0.05) is 6.42 Å². The predicted molar refractivity (Wildman–Crippen MR) is 139 cm³/mol. The van der Waals surface area contributed by atoms with E-state index in [-0.39, 0.29) is 12.1 Å². The van der Waals surface area contributed by atoms with Crippen LogP contribution in [0, 0.1) is 0 Å². The zero-order valence-electron chi connectivity index (χ0n) is 21.5. The minimum absolute atomic E-state index is 0.107. The van der Waals surface area contributed by atoms with Gasteiger partial charge in [0.15, 0.2) is 0 Å². The van der Waals surface area contributed by atoms with Crippen LogP contribution in [0.25, 0.3) is 0 Å². The highest BCUT2D eigenvalue weighted by atomic mass is 16.5. The number of methoxy groups -OCH3 is 1. The van der Waals surface area contributed by atoms with Crippen molar-refractivity contribution < 1.29 is 14.6 Å². The lowest BCUT2D eigenvalue weighted by atomic mass is 10.0. The maximum Gasteiger partial charge on any atom is 0.305 e. The number of aliphatic hydroxyl groups excluding tert-OH is 1. The first kappa shape index (κ1) is 30.9. The average molecular weight is 451 g/mol. The van der Waals surface area contributed by atoms with Crippen molar-refractivity contribution in [3.05, 3.63) is 24.3 Å². The summed E-state index contributed by atoms with van der Waals surface area (Å²) in [6.45, 7) is 2.25. The molecule has 0 spiro atoms. The van der Waals surface area contributed by atoms with Crippen LogP contribution in [-0.2, 0) is 9.53 Å². The number of aliphatic hydroxyl groups is 1. The van der Waals surface area contributed by atoms with E-state index in [1.807, 2.05) is 0 Å². The quantitative estimate of drug-likeness (QED) is 0.0907. The third-order valence-corrected chi connectivity index (χ3v) is 6.13. The summed E-state index contributed by atoms with van der Waals surface area (Å²) in [4.78, 5) is 11.0. The predicted octanol–water partition coefficient (Wildman–Crippen LogP) is 8.84. The molecule has 0 fully saturated rings. The van der Waals surface area contributed by atoms with Crippen molar-refractivity contribution >= 4 is 5.97 Å². The van der Waals surface area contributed by atoms with E-state index in [0.717, 1.165) is 57.8 Å². The van der Waals surface area contributed by atoms with Crippen LogP contribution in [0.15, 0.2) is 24.3 Å². The van der Waals surface area contributed by atoms with Crippen molar-refractivity contribution in [1.82, 2.24) is 0 Å². The molecule has 3 heteroatoms. The Balaban J connectivity index is 3.26. The summed E-state index contributed by atoms with van der Waals surface area (Å²) in [7, 11) is 1.44. The van der Waals surface area contributed by atoms with Crippen molar-refractivity contribution in [3.8, 4) is 0 Å². The standard InChI is InChI=1S/C29H54O3/c1-3-4-5-6-7-8-9-10-11-12-13-14-15-16-17-19-22-25-28(30)26-23-20-18-21-24-27-29(31)32-2/h7-8,10-11,28,30H,3-6,9,12-27H2,1-2H3/b8-7-,11-10-. The second kappa shape index (κ2) is 26.2. The number of hydrogen-bond donors (Lipinski definition) is 1. The molecule has 0 heterocycles. The van der Waals surface area contributed by atoms with Crippen LogP contribution in [-0.4, -0.2) is 24.3 Å². The Morgan fingerprint density at radius 2 is 1.16 bits per heavy atom. The first-order valence-corrected chi connectivity index (χ1v) is 13.8. The van der Waals surface area contributed by atoms with E-state index in [4.69, 9.17) is 0 Å². The van der Waals surface area contributed by atoms with Crippen LogP contribution >= 0.6 is 0 Å². The van der Waals surface area contributed by atoms with E-state index >= 15 is 0 Å². The molecule has 32 heavy (non-hydrogen) atoms. The van der Waals surface area contributed by atoms with Gasteiger partial charge in [-0.2, -0.15) is 0 Å². The van der Waals surface area contributed by atoms with Crippen LogP contribution in [0.1, 0.15) is 142 Å². The number of carbonyl (C=O) groups is 1. The Kier molecular flexibility index (Phi) is 25.3. The van der Waals surface area contributed by atoms with E-state index in [9.17, 15) is 9.90 Å². The topological polar surface area (TPSA) is 46.5 Å². The number of hydrogen-bond acceptors (Lipinski definition) is 3. The number of allylic oxidation sites excluding steroid dienone is 4. The minimum atomic E-state index is -0.122. The van der Waals surface area contributed by atoms with Crippen molar-refractivity contribution in [2.24, 2.45) is 0 Å². The van der Waals surface area contributed by atoms with Gasteiger partial charge < -0.3 is 9.84 Å². The van der Waals surface area contributed by atoms with E-state index in [0.29, 0.717) is 6.42 Å². The molecule has 0 radical (unpaired) electrons. The average Bonchev–Trinajstić information content (AvgIpc) is 2.80. The van der Waals surface area contributed by atoms with Crippen LogP contribution in [0.4, 0.5) is 0 Å². The molecule has 1 N–H and O–H groups in total. The molecule has 0 aliphatic heterocycles. The molecule has 188 valence electrons. The van der Waals surface area contributed by atoms with Gasteiger partial charge in [0.1, 0.15) is 0 Å². The summed E-state index contributed by atoms with van der Waals surface area (Å²) < 4.78 is 4.64. The molecular formula is C29H54O3. The van der Waals surface area contributed by atoms with Crippen LogP contribution in [0.5, 0.6) is 0 Å². The summed E-state index contributed by atoms with van der Waals surface area (Å²) in [5.74, 6) is -0.107. The molecule has 1 atom stereocenters. The zero-order chi connectivity index (χ0) is 23.5. The Morgan fingerprint density at radius 1 is 0.688 bits per heavy atom. The van der Waals surface area contributed by atoms with Crippen LogP contribution in [0.2, 0.25) is 0 Å². The van der Waals surface area contributed by atoms with Crippen LogP contribution in [0.3, 0.4) is 0 Å². The van der Waals surface area contributed by atoms with E-state index < -0.39 is 0 Å². The normalized spacial score (nSPS) is 12.7. The Hall–Kier alpha value is -1.09. The first-order valence-electron chi connectivity index (χ1n) is 13.8. The molecule has 1 unspecified atom stereocenters. The summed E-state index contributed by atoms with van der Waals surface area (Å²) in [5.41, 5.74) is 0. The second-order valence-corrected chi connectivity index (χ2v) is 9.26. The number of ether oxygens (including phenoxy) is 1. The van der Waals surface area contributed by atoms with E-state index in [1.54, 1.807) is 0 Å². The minimum Gasteiger partial charge on any atom is -0.469 e. The second-order valence-electron chi connectivity index (χ2n) is 9.26. The number of rotatable bonds is 24. The molecule has 0 saturated carbocycles. The number of esters is 1. The van der Waals surface area contributed by atoms with Gasteiger partial charge in [-0.25, -0.2) is 0 Å². The fraction of sp³-hybridized carbons (Fsp3) is 0.828. The van der Waals surface area contributed by atoms with Crippen molar-refractivity contribution in [3.63, 3.8) is 0 Å². The van der Waals surface area contributed by atoms with Gasteiger partial charge in [-0.15, -0.1) is 0 Å². The number of carbonyl (C=O) groups excluding carboxylic acids is 1. The molecule has 0 saturated heterocycles. The summed E-state index contributed by atoms with van der Waals surface area (Å²) in [6, 6.07) is 0. The highest BCUT2D eigenvalue weighted by Gasteiger charge is 2.04. The monoisotopic (exact) mass is 450 g/mol. The van der Waals surface area contributed by atoms with Gasteiger partial charge in [-0.1, -0.05) is 108 Å². The molecule has 0 aliphatic carbocycles. The summed E-state index contributed by atoms with van der Waals surface area (Å²) in [5, 5.41) is 10.1. The highest BCUT2D eigenvalue weighted by molar-refractivity contribution is 5.68. The van der Waals surface area contributed by atoms with Gasteiger partial charge in [0.25, 0.3) is 0 Å². The molecule has 0 aromatic heterocycles. The molecule has 0 aromatic carbocycles. The Morgan fingerprint density at radius 3 is 1.69 bits per heavy atom. The van der Waals surface area contributed by atoms with Crippen molar-refractivity contribution in [2.75, 3.05) is 7.11 Å². The lowest BCUT2D eigenvalue weighted by molar-refractivity contribution is -0.140. The molecule has 0 aliphatic rings. The van der Waals surface area contributed by atoms with Gasteiger partial charge in [-0.3, -0.25) is 4.79 Å². The maximum atomic E-state index is 11.0. The largest absolute Gasteiger partial charge is 0.469 e. The number of unbranched alkanes of at least 4 members (excludes halogenated alkanes) is 14. The first-order chi connectivity index (χ1) is 15.7. The fourth-order valence-electron chi connectivity index (χ4n) is 3.97. The van der Waals surface area contributed by atoms with E-state index in [1.165, 1.54) is 77.7 Å². The third kappa shape index (κ3) is 25.2. The molecule has 3 nitrogen and oxygen atoms in total. The summed E-state index contributed by atoms with van der Waals surface area (Å²) >= 11 is 0. The Labute approximate surface area is 200 Å². The van der Waals surface area contributed by atoms with Gasteiger partial charge in [0.2, 0.25) is 0 Å². The zero-order valence-corrected chi connectivity index (χ0v) is 21.5. The SMILES string of the molecule is CCCCC/C=C\C/C=C\CCCCCCCCCC(O)CCCCCCCC(=O)OC. The highest BCUT2D eigenvalue weighted by Crippen LogP contribution is 2.15. The summed E-state index contributed by atoms with van der Waals surface area (Å²) in [6.07, 6.45) is 33.6. The molecular weight excluding hydrogens is 396 g/mol. The smallest absolute Gasteiger partial charge is 0.305 e. The lowest BCUT2D eigenvalue weighted by Crippen LogP contribution is -2.06.